The van der Waals surface area contributed by atoms with E-state index in [1.165, 1.54) is 0 Å². The molecule has 2 aliphatic rings. The number of hydrogen-bond donors (Lipinski definition) is 3. The maximum Gasteiger partial charge on any atom is 0.258 e. The van der Waals surface area contributed by atoms with Gasteiger partial charge in [0.2, 0.25) is 0 Å². The zero-order valence-corrected chi connectivity index (χ0v) is 18.3. The average molecular weight is 486 g/mol. The number of aromatic nitrogens is 2. The first-order chi connectivity index (χ1) is 13.8. The molecule has 0 radical (unpaired) electrons. The number of carbonyl (C=O) groups excluding carboxylic acids is 2. The number of halogens is 3. The minimum atomic E-state index is -1.85. The van der Waals surface area contributed by atoms with Gasteiger partial charge in [-0.2, -0.15) is 5.10 Å². The maximum atomic E-state index is 14.9. The van der Waals surface area contributed by atoms with E-state index >= 15 is 0 Å². The second-order valence-electron chi connectivity index (χ2n) is 8.30. The fourth-order valence-corrected chi connectivity index (χ4v) is 5.75. The fraction of sp³-hybridized carbons (Fsp3) is 0.550. The summed E-state index contributed by atoms with van der Waals surface area (Å²) < 4.78 is 15.7. The highest BCUT2D eigenvalue weighted by atomic mass is 79.9. The summed E-state index contributed by atoms with van der Waals surface area (Å²) in [5.74, 6) is -0.827. The van der Waals surface area contributed by atoms with E-state index in [0.29, 0.717) is 11.4 Å². The molecule has 0 atom stereocenters. The number of hydrogen-bond acceptors (Lipinski definition) is 4. The number of amides is 1. The van der Waals surface area contributed by atoms with Gasteiger partial charge in [0.1, 0.15) is 0 Å². The summed E-state index contributed by atoms with van der Waals surface area (Å²) in [5, 5.41) is 14.0. The third-order valence-electron chi connectivity index (χ3n) is 6.11. The molecule has 1 aromatic carbocycles. The Morgan fingerprint density at radius 3 is 2.90 bits per heavy atom. The average Bonchev–Trinajstić information content (AvgIpc) is 3.14. The molecule has 3 N–H and O–H groups in total. The van der Waals surface area contributed by atoms with Crippen molar-refractivity contribution in [1.82, 2.24) is 20.8 Å². The molecule has 1 amide bonds. The Labute approximate surface area is 181 Å². The van der Waals surface area contributed by atoms with Crippen molar-refractivity contribution in [2.24, 2.45) is 5.41 Å². The SMILES string of the molecule is O=C(CCc1c(Cl)cc2[nH]ncc2c1Br)CNC(=O)C1(F)CC2(CCCNC2)C1. The lowest BCUT2D eigenvalue weighted by Gasteiger charge is -2.52. The third-order valence-corrected chi connectivity index (χ3v) is 7.35. The predicted molar refractivity (Wildman–Crippen MR) is 113 cm³/mol. The van der Waals surface area contributed by atoms with Crippen molar-refractivity contribution >= 4 is 50.1 Å². The highest BCUT2D eigenvalue weighted by molar-refractivity contribution is 9.10. The number of H-pyrrole nitrogens is 1. The molecule has 2 aromatic rings. The third kappa shape index (κ3) is 4.07. The molecule has 29 heavy (non-hydrogen) atoms. The lowest BCUT2D eigenvalue weighted by Crippen LogP contribution is -2.62. The molecule has 4 rings (SSSR count). The van der Waals surface area contributed by atoms with Crippen molar-refractivity contribution in [2.75, 3.05) is 19.6 Å². The predicted octanol–water partition coefficient (Wildman–Crippen LogP) is 3.47. The van der Waals surface area contributed by atoms with Gasteiger partial charge in [0.05, 0.1) is 18.3 Å². The van der Waals surface area contributed by atoms with Crippen LogP contribution in [0.5, 0.6) is 0 Å². The quantitative estimate of drug-likeness (QED) is 0.585. The van der Waals surface area contributed by atoms with Gasteiger partial charge in [-0.05, 0) is 71.6 Å². The molecule has 1 spiro atoms. The van der Waals surface area contributed by atoms with Crippen molar-refractivity contribution in [3.05, 3.63) is 27.3 Å². The molecule has 1 aromatic heterocycles. The van der Waals surface area contributed by atoms with Gasteiger partial charge in [0.25, 0.3) is 5.91 Å². The Balaban J connectivity index is 1.28. The number of nitrogens with zero attached hydrogens (tertiary/aromatic N) is 1. The van der Waals surface area contributed by atoms with Crippen molar-refractivity contribution < 1.29 is 14.0 Å². The lowest BCUT2D eigenvalue weighted by atomic mass is 9.57. The molecule has 1 aliphatic heterocycles. The number of piperidine rings is 1. The molecule has 1 aliphatic carbocycles. The van der Waals surface area contributed by atoms with Gasteiger partial charge in [-0.25, -0.2) is 4.39 Å². The number of rotatable bonds is 6. The Kier molecular flexibility index (Phi) is 5.70. The van der Waals surface area contributed by atoms with E-state index in [-0.39, 0.29) is 37.0 Å². The number of aromatic amines is 1. The Morgan fingerprint density at radius 2 is 2.17 bits per heavy atom. The van der Waals surface area contributed by atoms with Crippen molar-refractivity contribution in [3.63, 3.8) is 0 Å². The normalized spacial score (nSPS) is 26.4. The van der Waals surface area contributed by atoms with E-state index in [1.54, 1.807) is 12.3 Å². The van der Waals surface area contributed by atoms with Gasteiger partial charge < -0.3 is 10.6 Å². The van der Waals surface area contributed by atoms with Crippen molar-refractivity contribution in [2.45, 2.75) is 44.2 Å². The van der Waals surface area contributed by atoms with E-state index in [4.69, 9.17) is 11.6 Å². The molecule has 0 bridgehead atoms. The Morgan fingerprint density at radius 1 is 1.38 bits per heavy atom. The number of alkyl halides is 1. The second kappa shape index (κ2) is 7.96. The number of fused-ring (bicyclic) bond motifs is 1. The second-order valence-corrected chi connectivity index (χ2v) is 9.50. The zero-order chi connectivity index (χ0) is 20.6. The van der Waals surface area contributed by atoms with E-state index < -0.39 is 11.6 Å². The first-order valence-corrected chi connectivity index (χ1v) is 11.0. The molecule has 156 valence electrons. The first-order valence-electron chi connectivity index (χ1n) is 9.82. The zero-order valence-electron chi connectivity index (χ0n) is 15.9. The van der Waals surface area contributed by atoms with E-state index in [0.717, 1.165) is 46.9 Å². The molecular weight excluding hydrogens is 463 g/mol. The molecule has 6 nitrogen and oxygen atoms in total. The highest BCUT2D eigenvalue weighted by Crippen LogP contribution is 2.54. The van der Waals surface area contributed by atoms with Gasteiger partial charge in [-0.3, -0.25) is 14.7 Å². The van der Waals surface area contributed by atoms with Crippen molar-refractivity contribution in [1.29, 1.82) is 0 Å². The van der Waals surface area contributed by atoms with Crippen LogP contribution in [0.25, 0.3) is 10.9 Å². The topological polar surface area (TPSA) is 86.9 Å². The van der Waals surface area contributed by atoms with Crippen LogP contribution in [-0.4, -0.2) is 47.2 Å². The first kappa shape index (κ1) is 20.8. The van der Waals surface area contributed by atoms with Crippen LogP contribution in [0.1, 0.15) is 37.7 Å². The minimum absolute atomic E-state index is 0.0941. The highest BCUT2D eigenvalue weighted by Gasteiger charge is 2.59. The van der Waals surface area contributed by atoms with Crippen LogP contribution in [0.2, 0.25) is 5.02 Å². The molecule has 0 unspecified atom stereocenters. The van der Waals surface area contributed by atoms with Crippen LogP contribution in [-0.2, 0) is 16.0 Å². The summed E-state index contributed by atoms with van der Waals surface area (Å²) in [6, 6.07) is 1.77. The molecule has 1 saturated carbocycles. The van der Waals surface area contributed by atoms with Gasteiger partial charge in [-0.15, -0.1) is 0 Å². The fourth-order valence-electron chi connectivity index (χ4n) is 4.61. The van der Waals surface area contributed by atoms with E-state index in [2.05, 4.69) is 36.8 Å². The maximum absolute atomic E-state index is 14.9. The summed E-state index contributed by atoms with van der Waals surface area (Å²) in [6.45, 7) is 1.55. The van der Waals surface area contributed by atoms with E-state index in [1.807, 2.05) is 0 Å². The minimum Gasteiger partial charge on any atom is -0.346 e. The summed E-state index contributed by atoms with van der Waals surface area (Å²) in [4.78, 5) is 24.5. The molecule has 2 heterocycles. The van der Waals surface area contributed by atoms with Crippen LogP contribution in [0.15, 0.2) is 16.7 Å². The Hall–Kier alpha value is -1.51. The lowest BCUT2D eigenvalue weighted by molar-refractivity contribution is -0.153. The number of nitrogens with one attached hydrogen (secondary N) is 3. The van der Waals surface area contributed by atoms with Crippen LogP contribution in [0.3, 0.4) is 0 Å². The smallest absolute Gasteiger partial charge is 0.258 e. The summed E-state index contributed by atoms with van der Waals surface area (Å²) in [6.07, 6.45) is 4.75. The molecule has 1 saturated heterocycles. The molecular formula is C20H23BrClFN4O2. The molecule has 2 fully saturated rings. The van der Waals surface area contributed by atoms with Crippen LogP contribution >= 0.6 is 27.5 Å². The molecule has 9 heteroatoms. The summed E-state index contributed by atoms with van der Waals surface area (Å²) in [5.41, 5.74) is -0.321. The van der Waals surface area contributed by atoms with Gasteiger partial charge >= 0.3 is 0 Å². The van der Waals surface area contributed by atoms with E-state index in [9.17, 15) is 14.0 Å². The monoisotopic (exact) mass is 484 g/mol. The number of benzene rings is 1. The number of Topliss-reactive ketones (excluding diaryl/α,β-unsaturated/α-hetero) is 1. The van der Waals surface area contributed by atoms with Crippen LogP contribution in [0, 0.1) is 5.41 Å². The van der Waals surface area contributed by atoms with Crippen LogP contribution < -0.4 is 10.6 Å². The van der Waals surface area contributed by atoms with Crippen molar-refractivity contribution in [3.8, 4) is 0 Å². The van der Waals surface area contributed by atoms with Gasteiger partial charge in [0.15, 0.2) is 11.5 Å². The standard InChI is InChI=1S/C20H23BrClFN4O2/c21-17-13(15(22)6-16-14(17)8-26-27-16)3-2-12(28)7-25-18(29)20(23)9-19(10-20)4-1-5-24-11-19/h6,8,24H,1-5,7,9-11H2,(H,25,29)(H,26,27). The summed E-state index contributed by atoms with van der Waals surface area (Å²) >= 11 is 9.84. The number of ketones is 1. The van der Waals surface area contributed by atoms with Gasteiger partial charge in [-0.1, -0.05) is 11.6 Å². The van der Waals surface area contributed by atoms with Gasteiger partial charge in [0, 0.05) is 27.8 Å². The largest absolute Gasteiger partial charge is 0.346 e. The summed E-state index contributed by atoms with van der Waals surface area (Å²) in [7, 11) is 0. The Bertz CT molecular complexity index is 949. The van der Waals surface area contributed by atoms with Crippen LogP contribution in [0.4, 0.5) is 4.39 Å². The number of carbonyl (C=O) groups is 2.